The Bertz CT molecular complexity index is 573. The fraction of sp³-hybridized carbons (Fsp3) is 0.583. The van der Waals surface area contributed by atoms with Gasteiger partial charge in [-0.3, -0.25) is 0 Å². The van der Waals surface area contributed by atoms with Crippen LogP contribution in [0, 0.1) is 0 Å². The smallest absolute Gasteiger partial charge is 0.247 e. The largest absolute Gasteiger partial charge is 0.307 e. The van der Waals surface area contributed by atoms with Gasteiger partial charge >= 0.3 is 0 Å². The maximum absolute atomic E-state index is 12.9. The zero-order valence-electron chi connectivity index (χ0n) is 11.3. The lowest BCUT2D eigenvalue weighted by Gasteiger charge is -2.27. The molecule has 3 N–H and O–H groups in total. The fourth-order valence-electron chi connectivity index (χ4n) is 2.67. The number of nitrogens with one attached hydrogen (secondary N) is 1. The van der Waals surface area contributed by atoms with Crippen LogP contribution in [0.3, 0.4) is 0 Å². The van der Waals surface area contributed by atoms with Crippen molar-refractivity contribution >= 4 is 31.8 Å². The SMILES string of the molecule is CCN(C1CCCC1)S(=O)(=O)c1cc(Br)cnc1NN. The van der Waals surface area contributed by atoms with Crippen molar-refractivity contribution in [1.82, 2.24) is 9.29 Å². The summed E-state index contributed by atoms with van der Waals surface area (Å²) in [5.74, 6) is 5.55. The molecule has 0 bridgehead atoms. The number of hydrazine groups is 1. The Morgan fingerprint density at radius 1 is 1.50 bits per heavy atom. The van der Waals surface area contributed by atoms with E-state index in [1.807, 2.05) is 6.92 Å². The minimum atomic E-state index is -3.60. The third kappa shape index (κ3) is 2.98. The molecule has 1 saturated carbocycles. The van der Waals surface area contributed by atoms with Gasteiger partial charge in [0.1, 0.15) is 4.90 Å². The average Bonchev–Trinajstić information content (AvgIpc) is 2.93. The molecule has 0 spiro atoms. The highest BCUT2D eigenvalue weighted by Gasteiger charge is 2.34. The van der Waals surface area contributed by atoms with Gasteiger partial charge in [-0.2, -0.15) is 4.31 Å². The number of nitrogens with two attached hydrogens (primary N) is 1. The summed E-state index contributed by atoms with van der Waals surface area (Å²) in [6.07, 6.45) is 5.50. The van der Waals surface area contributed by atoms with Gasteiger partial charge in [0.2, 0.25) is 10.0 Å². The third-order valence-electron chi connectivity index (χ3n) is 3.59. The Balaban J connectivity index is 2.44. The van der Waals surface area contributed by atoms with Crippen molar-refractivity contribution in [3.05, 3.63) is 16.7 Å². The van der Waals surface area contributed by atoms with E-state index in [2.05, 4.69) is 26.3 Å². The van der Waals surface area contributed by atoms with Gasteiger partial charge < -0.3 is 5.43 Å². The van der Waals surface area contributed by atoms with Crippen molar-refractivity contribution in [1.29, 1.82) is 0 Å². The summed E-state index contributed by atoms with van der Waals surface area (Å²) in [7, 11) is -3.60. The number of aromatic nitrogens is 1. The summed E-state index contributed by atoms with van der Waals surface area (Å²) in [6, 6.07) is 1.62. The Hall–Kier alpha value is -0.700. The van der Waals surface area contributed by atoms with E-state index in [9.17, 15) is 8.42 Å². The molecule has 8 heteroatoms. The van der Waals surface area contributed by atoms with E-state index in [0.717, 1.165) is 25.7 Å². The van der Waals surface area contributed by atoms with Crippen LogP contribution in [-0.4, -0.2) is 30.3 Å². The predicted molar refractivity (Wildman–Crippen MR) is 81.6 cm³/mol. The third-order valence-corrected chi connectivity index (χ3v) is 6.06. The monoisotopic (exact) mass is 362 g/mol. The van der Waals surface area contributed by atoms with Crippen molar-refractivity contribution < 1.29 is 8.42 Å². The molecule has 0 aliphatic heterocycles. The van der Waals surface area contributed by atoms with Gasteiger partial charge in [-0.15, -0.1) is 0 Å². The number of nitrogen functional groups attached to an aromatic ring is 1. The molecule has 1 aromatic rings. The molecule has 0 radical (unpaired) electrons. The highest BCUT2D eigenvalue weighted by molar-refractivity contribution is 9.10. The molecule has 0 unspecified atom stereocenters. The second-order valence-electron chi connectivity index (χ2n) is 4.79. The highest BCUT2D eigenvalue weighted by atomic mass is 79.9. The predicted octanol–water partition coefficient (Wildman–Crippen LogP) is 2.08. The summed E-state index contributed by atoms with van der Waals surface area (Å²) in [5, 5.41) is 0. The molecule has 1 aromatic heterocycles. The summed E-state index contributed by atoms with van der Waals surface area (Å²) < 4.78 is 27.9. The standard InChI is InChI=1S/C12H19BrN4O2S/c1-2-17(10-5-3-4-6-10)20(18,19)11-7-9(13)8-15-12(11)16-14/h7-8,10H,2-6,14H2,1H3,(H,15,16). The van der Waals surface area contributed by atoms with E-state index in [1.54, 1.807) is 4.31 Å². The lowest BCUT2D eigenvalue weighted by Crippen LogP contribution is -2.39. The number of halogens is 1. The maximum Gasteiger partial charge on any atom is 0.247 e. The van der Waals surface area contributed by atoms with Gasteiger partial charge in [-0.05, 0) is 34.8 Å². The lowest BCUT2D eigenvalue weighted by atomic mass is 10.2. The molecular formula is C12H19BrN4O2S. The quantitative estimate of drug-likeness (QED) is 0.618. The molecule has 6 nitrogen and oxygen atoms in total. The van der Waals surface area contributed by atoms with Crippen LogP contribution < -0.4 is 11.3 Å². The molecule has 0 amide bonds. The number of hydrogen-bond donors (Lipinski definition) is 2. The van der Waals surface area contributed by atoms with Crippen molar-refractivity contribution in [2.24, 2.45) is 5.84 Å². The summed E-state index contributed by atoms with van der Waals surface area (Å²) in [6.45, 7) is 2.31. The molecule has 20 heavy (non-hydrogen) atoms. The number of nitrogens with zero attached hydrogens (tertiary/aromatic N) is 2. The summed E-state index contributed by atoms with van der Waals surface area (Å²) in [4.78, 5) is 4.13. The topological polar surface area (TPSA) is 88.3 Å². The van der Waals surface area contributed by atoms with E-state index in [4.69, 9.17) is 5.84 Å². The van der Waals surface area contributed by atoms with Crippen molar-refractivity contribution in [2.45, 2.75) is 43.5 Å². The second kappa shape index (κ2) is 6.38. The van der Waals surface area contributed by atoms with Crippen LogP contribution in [0.1, 0.15) is 32.6 Å². The number of pyridine rings is 1. The Kier molecular flexibility index (Phi) is 5.00. The number of anilines is 1. The van der Waals surface area contributed by atoms with E-state index < -0.39 is 10.0 Å². The molecule has 1 heterocycles. The molecule has 112 valence electrons. The fourth-order valence-corrected chi connectivity index (χ4v) is 4.98. The minimum Gasteiger partial charge on any atom is -0.307 e. The Morgan fingerprint density at radius 3 is 2.70 bits per heavy atom. The van der Waals surface area contributed by atoms with E-state index in [-0.39, 0.29) is 16.8 Å². The molecule has 0 saturated heterocycles. The summed E-state index contributed by atoms with van der Waals surface area (Å²) in [5.41, 5.74) is 2.36. The molecule has 2 rings (SSSR count). The highest BCUT2D eigenvalue weighted by Crippen LogP contribution is 2.31. The number of sulfonamides is 1. The van der Waals surface area contributed by atoms with Crippen LogP contribution >= 0.6 is 15.9 Å². The van der Waals surface area contributed by atoms with Crippen molar-refractivity contribution in [3.63, 3.8) is 0 Å². The molecule has 1 fully saturated rings. The maximum atomic E-state index is 12.9. The van der Waals surface area contributed by atoms with Crippen LogP contribution in [0.4, 0.5) is 5.82 Å². The van der Waals surface area contributed by atoms with Crippen LogP contribution in [-0.2, 0) is 10.0 Å². The number of hydrogen-bond acceptors (Lipinski definition) is 5. The first-order chi connectivity index (χ1) is 9.50. The van der Waals surface area contributed by atoms with Gasteiger partial charge in [-0.25, -0.2) is 19.2 Å². The van der Waals surface area contributed by atoms with Gasteiger partial charge in [-0.1, -0.05) is 19.8 Å². The van der Waals surface area contributed by atoms with Gasteiger partial charge in [0.05, 0.1) is 0 Å². The normalized spacial score (nSPS) is 16.8. The Morgan fingerprint density at radius 2 is 2.15 bits per heavy atom. The van der Waals surface area contributed by atoms with Gasteiger partial charge in [0, 0.05) is 23.3 Å². The zero-order chi connectivity index (χ0) is 14.8. The first-order valence-electron chi connectivity index (χ1n) is 6.64. The van der Waals surface area contributed by atoms with Crippen LogP contribution in [0.5, 0.6) is 0 Å². The van der Waals surface area contributed by atoms with Crippen LogP contribution in [0.2, 0.25) is 0 Å². The van der Waals surface area contributed by atoms with E-state index in [1.165, 1.54) is 12.3 Å². The van der Waals surface area contributed by atoms with Crippen molar-refractivity contribution in [3.8, 4) is 0 Å². The van der Waals surface area contributed by atoms with Gasteiger partial charge in [0.25, 0.3) is 0 Å². The van der Waals surface area contributed by atoms with E-state index >= 15 is 0 Å². The molecule has 0 atom stereocenters. The van der Waals surface area contributed by atoms with E-state index in [0.29, 0.717) is 11.0 Å². The first kappa shape index (κ1) is 15.7. The Labute approximate surface area is 127 Å². The molecule has 1 aliphatic carbocycles. The summed E-state index contributed by atoms with van der Waals surface area (Å²) >= 11 is 3.26. The second-order valence-corrected chi connectivity index (χ2v) is 7.57. The van der Waals surface area contributed by atoms with Crippen LogP contribution in [0.25, 0.3) is 0 Å². The van der Waals surface area contributed by atoms with Crippen molar-refractivity contribution in [2.75, 3.05) is 12.0 Å². The molecule has 1 aliphatic rings. The molecular weight excluding hydrogens is 344 g/mol. The molecule has 0 aromatic carbocycles. The average molecular weight is 363 g/mol. The van der Waals surface area contributed by atoms with Crippen LogP contribution in [0.15, 0.2) is 21.6 Å². The number of rotatable bonds is 5. The van der Waals surface area contributed by atoms with Gasteiger partial charge in [0.15, 0.2) is 5.82 Å². The minimum absolute atomic E-state index is 0.0783. The zero-order valence-corrected chi connectivity index (χ0v) is 13.7. The lowest BCUT2D eigenvalue weighted by molar-refractivity contribution is 0.335. The first-order valence-corrected chi connectivity index (χ1v) is 8.88.